The monoisotopic (exact) mass is 1100 g/mol. The van der Waals surface area contributed by atoms with E-state index in [9.17, 15) is 0 Å². The van der Waals surface area contributed by atoms with Gasteiger partial charge in [0, 0.05) is 75.6 Å². The molecule has 0 saturated carbocycles. The highest BCUT2D eigenvalue weighted by molar-refractivity contribution is 8.00. The summed E-state index contributed by atoms with van der Waals surface area (Å²) in [6.45, 7) is 0. The molecule has 2 aliphatic heterocycles. The van der Waals surface area contributed by atoms with Gasteiger partial charge in [-0.1, -0.05) is 237 Å². The van der Waals surface area contributed by atoms with E-state index in [0.717, 1.165) is 0 Å². The number of hydrogen-bond acceptors (Lipinski definition) is 3. The maximum absolute atomic E-state index is 2.59. The Labute approximate surface area is 495 Å². The van der Waals surface area contributed by atoms with Crippen LogP contribution in [0.2, 0.25) is 0 Å². The van der Waals surface area contributed by atoms with E-state index < -0.39 is 0 Å². The van der Waals surface area contributed by atoms with Crippen molar-refractivity contribution in [3.8, 4) is 50.2 Å². The van der Waals surface area contributed by atoms with Gasteiger partial charge in [0.15, 0.2) is 0 Å². The highest BCUT2D eigenvalue weighted by atomic mass is 32.2. The second kappa shape index (κ2) is 18.9. The lowest BCUT2D eigenvalue weighted by Gasteiger charge is -2.30. The highest BCUT2D eigenvalue weighted by Gasteiger charge is 2.41. The van der Waals surface area contributed by atoms with Crippen molar-refractivity contribution in [3.05, 3.63) is 308 Å². The molecule has 0 N–H and O–H groups in total. The summed E-state index contributed by atoms with van der Waals surface area (Å²) >= 11 is 3.97. The van der Waals surface area contributed by atoms with Crippen molar-refractivity contribution in [1.82, 2.24) is 4.57 Å². The van der Waals surface area contributed by atoms with Crippen molar-refractivity contribution >= 4 is 104 Å². The number of hydrogen-bond donors (Lipinski definition) is 0. The summed E-state index contributed by atoms with van der Waals surface area (Å²) in [5.74, 6) is 0.529. The van der Waals surface area contributed by atoms with Gasteiger partial charge in [0.2, 0.25) is 0 Å². The van der Waals surface area contributed by atoms with Gasteiger partial charge in [-0.2, -0.15) is 0 Å². The summed E-state index contributed by atoms with van der Waals surface area (Å²) < 4.78 is 5.21. The number of nitrogens with zero attached hydrogens (tertiary/aromatic N) is 2. The summed E-state index contributed by atoms with van der Waals surface area (Å²) in [6, 6.07) is 93.2. The Morgan fingerprint density at radius 1 is 0.381 bits per heavy atom. The van der Waals surface area contributed by atoms with Crippen molar-refractivity contribution < 1.29 is 0 Å². The third-order valence-electron chi connectivity index (χ3n) is 18.5. The molecule has 4 unspecified atom stereocenters. The molecule has 4 heteroatoms. The van der Waals surface area contributed by atoms with Crippen molar-refractivity contribution in [2.24, 2.45) is 0 Å². The molecule has 14 aromatic rings. The van der Waals surface area contributed by atoms with Gasteiger partial charge < -0.3 is 9.47 Å². The van der Waals surface area contributed by atoms with Gasteiger partial charge in [-0.05, 0) is 137 Å². The van der Waals surface area contributed by atoms with Crippen LogP contribution in [0.15, 0.2) is 296 Å². The number of benzene rings is 12. The van der Waals surface area contributed by atoms with Gasteiger partial charge in [-0.25, -0.2) is 0 Å². The zero-order chi connectivity index (χ0) is 55.0. The third kappa shape index (κ3) is 7.30. The number of rotatable bonds is 7. The molecule has 2 aromatic heterocycles. The van der Waals surface area contributed by atoms with Gasteiger partial charge in [-0.3, -0.25) is 0 Å². The first-order chi connectivity index (χ1) is 41.7. The van der Waals surface area contributed by atoms with Crippen LogP contribution in [0.25, 0.3) is 119 Å². The van der Waals surface area contributed by atoms with E-state index in [1.807, 2.05) is 23.1 Å². The Hall–Kier alpha value is -9.71. The first-order valence-electron chi connectivity index (χ1n) is 29.3. The van der Waals surface area contributed by atoms with E-state index in [-0.39, 0.29) is 12.0 Å². The molecule has 12 aromatic carbocycles. The van der Waals surface area contributed by atoms with Crippen LogP contribution >= 0.6 is 23.1 Å². The lowest BCUT2D eigenvalue weighted by atomic mass is 9.83. The quantitative estimate of drug-likeness (QED) is 0.157. The Kier molecular flexibility index (Phi) is 10.8. The van der Waals surface area contributed by atoms with Gasteiger partial charge in [0.25, 0.3) is 0 Å². The fourth-order valence-corrected chi connectivity index (χ4v) is 17.4. The molecule has 0 spiro atoms. The van der Waals surface area contributed by atoms with Crippen LogP contribution in [0.4, 0.5) is 11.4 Å². The largest absolute Gasteiger partial charge is 0.333 e. The molecule has 4 aliphatic rings. The molecule has 0 radical (unpaired) electrons. The van der Waals surface area contributed by atoms with E-state index in [1.54, 1.807) is 0 Å². The Morgan fingerprint density at radius 2 is 0.952 bits per heavy atom. The van der Waals surface area contributed by atoms with Crippen LogP contribution in [0, 0.1) is 0 Å². The molecule has 2 aliphatic carbocycles. The average molecular weight is 1110 g/mol. The van der Waals surface area contributed by atoms with E-state index >= 15 is 0 Å². The molecule has 2 nitrogen and oxygen atoms in total. The molecule has 394 valence electrons. The fraction of sp³-hybridized carbons (Fsp3) is 0.0500. The number of thioether (sulfide) groups is 1. The lowest BCUT2D eigenvalue weighted by Crippen LogP contribution is -2.28. The second-order valence-electron chi connectivity index (χ2n) is 22.9. The molecule has 0 fully saturated rings. The predicted molar refractivity (Wildman–Crippen MR) is 360 cm³/mol. The van der Waals surface area contributed by atoms with Gasteiger partial charge in [-0.15, -0.1) is 23.1 Å². The third-order valence-corrected chi connectivity index (χ3v) is 21.1. The molecule has 4 atom stereocenters. The smallest absolute Gasteiger partial charge is 0.0630 e. The van der Waals surface area contributed by atoms with Crippen LogP contribution in [-0.4, -0.2) is 15.9 Å². The van der Waals surface area contributed by atoms with Crippen LogP contribution in [0.1, 0.15) is 28.5 Å². The standard InChI is InChI=1S/C80H52N2S2/c1-3-15-49(16-4-1)51-27-33-55(34-28-51)81-71-43-31-53(47-69(71)77-73(81)45-41-67-65-23-11-13-25-75(65)83-79(67)77)57-37-39-63(61-21-9-7-19-59(57)61)64-40-38-58(60-20-8-10-22-62(60)64)54-32-44-72-70(48-54)78-74(46-42-68-66-24-12-14-26-76(66)84-80(68)78)82(72)56-35-29-52(30-36-56)50-17-5-2-6-18-50/h1-48,65,70,72,75H. The van der Waals surface area contributed by atoms with Crippen molar-refractivity contribution in [2.75, 3.05) is 4.90 Å². The van der Waals surface area contributed by atoms with E-state index in [1.165, 1.54) is 152 Å². The minimum atomic E-state index is 0.133. The van der Waals surface area contributed by atoms with Crippen molar-refractivity contribution in [3.63, 3.8) is 0 Å². The van der Waals surface area contributed by atoms with Crippen LogP contribution < -0.4 is 4.90 Å². The molecule has 0 amide bonds. The number of fused-ring (bicyclic) bond motifs is 16. The summed E-state index contributed by atoms with van der Waals surface area (Å²) in [6.07, 6.45) is 16.7. The number of thiophene rings is 1. The maximum atomic E-state index is 2.59. The Morgan fingerprint density at radius 3 is 1.67 bits per heavy atom. The maximum Gasteiger partial charge on any atom is 0.0630 e. The number of allylic oxidation sites excluding steroid dienone is 5. The van der Waals surface area contributed by atoms with Gasteiger partial charge in [0.1, 0.15) is 0 Å². The Balaban J connectivity index is 0.746. The van der Waals surface area contributed by atoms with Crippen LogP contribution in [0.3, 0.4) is 0 Å². The second-order valence-corrected chi connectivity index (χ2v) is 25.1. The van der Waals surface area contributed by atoms with E-state index in [4.69, 9.17) is 0 Å². The summed E-state index contributed by atoms with van der Waals surface area (Å²) in [4.78, 5) is 4.00. The highest BCUT2D eigenvalue weighted by Crippen LogP contribution is 2.56. The molecular weight excluding hydrogens is 1050 g/mol. The molecule has 0 saturated heterocycles. The molecule has 0 bridgehead atoms. The average Bonchev–Trinajstić information content (AvgIpc) is 2.27. The summed E-state index contributed by atoms with van der Waals surface area (Å²) in [5, 5.41) is 10.7. The lowest BCUT2D eigenvalue weighted by molar-refractivity contribution is 0.750. The minimum Gasteiger partial charge on any atom is -0.333 e. The zero-order valence-corrected chi connectivity index (χ0v) is 47.4. The normalized spacial score (nSPS) is 17.6. The number of anilines is 2. The minimum absolute atomic E-state index is 0.133. The van der Waals surface area contributed by atoms with Crippen LogP contribution in [-0.2, 0) is 0 Å². The summed E-state index contributed by atoms with van der Waals surface area (Å²) in [7, 11) is 0. The first kappa shape index (κ1) is 47.9. The van der Waals surface area contributed by atoms with Crippen LogP contribution in [0.5, 0.6) is 0 Å². The fourth-order valence-electron chi connectivity index (χ4n) is 14.7. The number of aromatic nitrogens is 1. The van der Waals surface area contributed by atoms with Crippen molar-refractivity contribution in [1.29, 1.82) is 0 Å². The van der Waals surface area contributed by atoms with E-state index in [2.05, 4.69) is 301 Å². The van der Waals surface area contributed by atoms with Gasteiger partial charge in [0.05, 0.1) is 17.1 Å². The molecule has 4 heterocycles. The predicted octanol–water partition coefficient (Wildman–Crippen LogP) is 22.1. The summed E-state index contributed by atoms with van der Waals surface area (Å²) in [5.41, 5.74) is 21.4. The van der Waals surface area contributed by atoms with E-state index in [0.29, 0.717) is 11.2 Å². The molecular formula is C80H52N2S2. The molecule has 84 heavy (non-hydrogen) atoms. The topological polar surface area (TPSA) is 8.17 Å². The van der Waals surface area contributed by atoms with Gasteiger partial charge >= 0.3 is 0 Å². The first-order valence-corrected chi connectivity index (χ1v) is 31.0. The van der Waals surface area contributed by atoms with Crippen molar-refractivity contribution in [2.45, 2.75) is 28.0 Å². The molecule has 18 rings (SSSR count). The Bertz CT molecular complexity index is 5170. The zero-order valence-electron chi connectivity index (χ0n) is 45.7. The SMILES string of the molecule is C1=CC2Sc3c(ccc4c3c3cc(-c5ccc(-c6ccc(C7=CC8c9c(ccc%10c9sc9ccccc9%10)N(c9ccc(-c%10ccccc%10)cc9)C8C=C7)c7ccccc67)c6ccccc56)ccc3n4-c3ccc(-c4ccccc4)cc3)C2C=C1.